The Labute approximate surface area is 176 Å². The van der Waals surface area contributed by atoms with Gasteiger partial charge in [-0.05, 0) is 24.3 Å². The van der Waals surface area contributed by atoms with E-state index in [0.717, 1.165) is 12.1 Å². The van der Waals surface area contributed by atoms with E-state index in [9.17, 15) is 13.2 Å². The topological polar surface area (TPSA) is 95.9 Å². The van der Waals surface area contributed by atoms with Gasteiger partial charge in [-0.25, -0.2) is 13.4 Å². The molecule has 2 fully saturated rings. The highest BCUT2D eigenvalue weighted by molar-refractivity contribution is 7.88. The maximum absolute atomic E-state index is 13.2. The normalized spacial score (nSPS) is 22.8. The molecule has 0 aliphatic carbocycles. The van der Waals surface area contributed by atoms with Crippen LogP contribution in [0.2, 0.25) is 0 Å². The van der Waals surface area contributed by atoms with Crippen LogP contribution in [-0.2, 0) is 14.8 Å². The Balaban J connectivity index is 1.42. The molecule has 0 bridgehead atoms. The van der Waals surface area contributed by atoms with Gasteiger partial charge in [0.05, 0.1) is 19.0 Å². The number of nitrogens with zero attached hydrogens (tertiary/aromatic N) is 5. The molecule has 10 heteroatoms. The predicted octanol–water partition coefficient (Wildman–Crippen LogP) is 0.607. The van der Waals surface area contributed by atoms with Gasteiger partial charge >= 0.3 is 0 Å². The summed E-state index contributed by atoms with van der Waals surface area (Å²) in [5, 5.41) is 0. The fourth-order valence-corrected chi connectivity index (χ4v) is 5.04. The molecule has 1 amide bonds. The van der Waals surface area contributed by atoms with Crippen LogP contribution in [0, 0.1) is 0 Å². The van der Waals surface area contributed by atoms with Crippen LogP contribution >= 0.6 is 0 Å². The van der Waals surface area contributed by atoms with Crippen molar-refractivity contribution in [3.8, 4) is 5.75 Å². The van der Waals surface area contributed by atoms with Crippen molar-refractivity contribution in [2.75, 3.05) is 43.9 Å². The van der Waals surface area contributed by atoms with Crippen molar-refractivity contribution in [3.63, 3.8) is 0 Å². The number of sulfonamides is 1. The molecule has 2 aromatic heterocycles. The van der Waals surface area contributed by atoms with Crippen LogP contribution in [0.3, 0.4) is 0 Å². The van der Waals surface area contributed by atoms with Gasteiger partial charge in [0.25, 0.3) is 0 Å². The first-order chi connectivity index (χ1) is 14.4. The molecule has 4 rings (SSSR count). The number of ether oxygens (including phenoxy) is 1. The number of hydrogen-bond donors (Lipinski definition) is 0. The van der Waals surface area contributed by atoms with E-state index in [1.54, 1.807) is 35.6 Å². The number of amides is 1. The van der Waals surface area contributed by atoms with Gasteiger partial charge in [0, 0.05) is 45.0 Å². The van der Waals surface area contributed by atoms with Crippen molar-refractivity contribution in [3.05, 3.63) is 48.9 Å². The molecule has 0 N–H and O–H groups in total. The lowest BCUT2D eigenvalue weighted by atomic mass is 10.1. The van der Waals surface area contributed by atoms with Crippen LogP contribution in [-0.4, -0.2) is 84.6 Å². The molecule has 4 heterocycles. The summed E-state index contributed by atoms with van der Waals surface area (Å²) in [5.74, 6) is 1.28. The summed E-state index contributed by atoms with van der Waals surface area (Å²) in [6, 6.07) is 8.52. The van der Waals surface area contributed by atoms with Gasteiger partial charge in [0.2, 0.25) is 15.9 Å². The van der Waals surface area contributed by atoms with E-state index in [1.165, 1.54) is 4.31 Å². The lowest BCUT2D eigenvalue weighted by molar-refractivity contribution is -0.135. The van der Waals surface area contributed by atoms with Crippen LogP contribution in [0.5, 0.6) is 5.75 Å². The van der Waals surface area contributed by atoms with Crippen molar-refractivity contribution < 1.29 is 17.9 Å². The van der Waals surface area contributed by atoms with E-state index >= 15 is 0 Å². The van der Waals surface area contributed by atoms with Crippen molar-refractivity contribution in [1.29, 1.82) is 0 Å². The molecule has 0 unspecified atom stereocenters. The highest BCUT2D eigenvalue weighted by Crippen LogP contribution is 2.27. The molecule has 2 atom stereocenters. The first kappa shape index (κ1) is 20.5. The number of piperazine rings is 1. The summed E-state index contributed by atoms with van der Waals surface area (Å²) in [6.07, 6.45) is 6.03. The van der Waals surface area contributed by atoms with Gasteiger partial charge < -0.3 is 14.5 Å². The van der Waals surface area contributed by atoms with Gasteiger partial charge in [-0.2, -0.15) is 4.31 Å². The second-order valence-corrected chi connectivity index (χ2v) is 9.45. The largest absolute Gasteiger partial charge is 0.487 e. The molecule has 160 valence electrons. The van der Waals surface area contributed by atoms with Gasteiger partial charge in [-0.1, -0.05) is 6.07 Å². The number of hydrogen-bond acceptors (Lipinski definition) is 7. The number of aromatic nitrogens is 2. The van der Waals surface area contributed by atoms with Crippen molar-refractivity contribution in [1.82, 2.24) is 19.2 Å². The minimum atomic E-state index is -3.54. The third-order valence-corrected chi connectivity index (χ3v) is 6.69. The number of carbonyl (C=O) groups is 1. The van der Waals surface area contributed by atoms with Crippen LogP contribution in [0.25, 0.3) is 0 Å². The zero-order valence-electron chi connectivity index (χ0n) is 16.8. The highest BCUT2D eigenvalue weighted by Gasteiger charge is 2.44. The van der Waals surface area contributed by atoms with Crippen molar-refractivity contribution in [2.45, 2.75) is 18.6 Å². The SMILES string of the molecule is CS(=O)(=O)N1C[C@@H](Oc2cccnc2)C[C@H]1C(=O)N1CCN(c2ccccn2)CC1. The van der Waals surface area contributed by atoms with Crippen LogP contribution < -0.4 is 9.64 Å². The molecular formula is C20H25N5O4S. The average molecular weight is 432 g/mol. The van der Waals surface area contributed by atoms with Gasteiger partial charge in [0.1, 0.15) is 23.7 Å². The molecular weight excluding hydrogens is 406 g/mol. The third kappa shape index (κ3) is 4.54. The molecule has 0 saturated carbocycles. The lowest BCUT2D eigenvalue weighted by Gasteiger charge is -2.37. The fraction of sp³-hybridized carbons (Fsp3) is 0.450. The molecule has 2 aromatic rings. The second-order valence-electron chi connectivity index (χ2n) is 7.51. The lowest BCUT2D eigenvalue weighted by Crippen LogP contribution is -2.54. The Kier molecular flexibility index (Phi) is 5.87. The first-order valence-electron chi connectivity index (χ1n) is 9.90. The number of pyridine rings is 2. The number of rotatable bonds is 5. The zero-order valence-corrected chi connectivity index (χ0v) is 17.6. The Morgan fingerprint density at radius 3 is 2.53 bits per heavy atom. The Bertz CT molecular complexity index is 965. The zero-order chi connectivity index (χ0) is 21.1. The summed E-state index contributed by atoms with van der Waals surface area (Å²) in [5.41, 5.74) is 0. The monoisotopic (exact) mass is 431 g/mol. The first-order valence-corrected chi connectivity index (χ1v) is 11.7. The summed E-state index contributed by atoms with van der Waals surface area (Å²) >= 11 is 0. The van der Waals surface area contributed by atoms with Crippen LogP contribution in [0.4, 0.5) is 5.82 Å². The summed E-state index contributed by atoms with van der Waals surface area (Å²) in [7, 11) is -3.54. The molecule has 30 heavy (non-hydrogen) atoms. The smallest absolute Gasteiger partial charge is 0.241 e. The van der Waals surface area contributed by atoms with Crippen molar-refractivity contribution >= 4 is 21.7 Å². The summed E-state index contributed by atoms with van der Waals surface area (Å²) in [4.78, 5) is 25.5. The van der Waals surface area contributed by atoms with E-state index in [-0.39, 0.29) is 12.5 Å². The van der Waals surface area contributed by atoms with E-state index in [2.05, 4.69) is 14.9 Å². The minimum Gasteiger partial charge on any atom is -0.487 e. The quantitative estimate of drug-likeness (QED) is 0.684. The third-order valence-electron chi connectivity index (χ3n) is 5.43. The molecule has 0 radical (unpaired) electrons. The molecule has 2 saturated heterocycles. The van der Waals surface area contributed by atoms with Gasteiger partial charge in [0.15, 0.2) is 0 Å². The van der Waals surface area contributed by atoms with Crippen LogP contribution in [0.1, 0.15) is 6.42 Å². The standard InChI is InChI=1S/C20H25N5O4S/c1-30(27,28)25-15-17(29-16-5-4-7-21-14-16)13-18(25)20(26)24-11-9-23(10-12-24)19-6-2-3-8-22-19/h2-8,14,17-18H,9-13,15H2,1H3/t17-,18-/m0/s1. The van der Waals surface area contributed by atoms with Gasteiger partial charge in [-0.3, -0.25) is 9.78 Å². The minimum absolute atomic E-state index is 0.151. The summed E-state index contributed by atoms with van der Waals surface area (Å²) < 4.78 is 31.8. The molecule has 9 nitrogen and oxygen atoms in total. The number of anilines is 1. The van der Waals surface area contributed by atoms with Gasteiger partial charge in [-0.15, -0.1) is 0 Å². The molecule has 0 spiro atoms. The highest BCUT2D eigenvalue weighted by atomic mass is 32.2. The maximum Gasteiger partial charge on any atom is 0.241 e. The van der Waals surface area contributed by atoms with Crippen LogP contribution in [0.15, 0.2) is 48.9 Å². The van der Waals surface area contributed by atoms with E-state index in [0.29, 0.717) is 38.3 Å². The molecule has 2 aliphatic heterocycles. The Morgan fingerprint density at radius 2 is 1.90 bits per heavy atom. The Hall–Kier alpha value is -2.72. The van der Waals surface area contributed by atoms with E-state index in [1.807, 2.05) is 18.2 Å². The number of carbonyl (C=O) groups excluding carboxylic acids is 1. The average Bonchev–Trinajstić information content (AvgIpc) is 3.19. The van der Waals surface area contributed by atoms with E-state index in [4.69, 9.17) is 4.74 Å². The molecule has 0 aromatic carbocycles. The van der Waals surface area contributed by atoms with E-state index < -0.39 is 22.2 Å². The second kappa shape index (κ2) is 8.57. The predicted molar refractivity (Wildman–Crippen MR) is 112 cm³/mol. The Morgan fingerprint density at radius 1 is 1.10 bits per heavy atom. The molecule has 2 aliphatic rings. The van der Waals surface area contributed by atoms with Crippen molar-refractivity contribution in [2.24, 2.45) is 0 Å². The maximum atomic E-state index is 13.2. The fourth-order valence-electron chi connectivity index (χ4n) is 3.96. The summed E-state index contributed by atoms with van der Waals surface area (Å²) in [6.45, 7) is 2.52.